The van der Waals surface area contributed by atoms with Crippen molar-refractivity contribution in [2.24, 2.45) is 0 Å². The van der Waals surface area contributed by atoms with Crippen LogP contribution < -0.4 is 9.47 Å². The molecule has 0 spiro atoms. The molecule has 0 N–H and O–H groups in total. The quantitative estimate of drug-likeness (QED) is 0.580. The van der Waals surface area contributed by atoms with Crippen LogP contribution in [0.3, 0.4) is 0 Å². The first kappa shape index (κ1) is 19.4. The summed E-state index contributed by atoms with van der Waals surface area (Å²) in [6.07, 6.45) is 0. The van der Waals surface area contributed by atoms with Crippen LogP contribution in [0.2, 0.25) is 0 Å². The molecule has 0 saturated carbocycles. The smallest absolute Gasteiger partial charge is 0.255 e. The molecular weight excluding hydrogens is 382 g/mol. The van der Waals surface area contributed by atoms with Gasteiger partial charge in [-0.05, 0) is 35.4 Å². The summed E-state index contributed by atoms with van der Waals surface area (Å²) in [5, 5.41) is -0.0721. The number of methoxy groups -OCH3 is 2. The predicted molar refractivity (Wildman–Crippen MR) is 118 cm³/mol. The van der Waals surface area contributed by atoms with E-state index >= 15 is 0 Å². The topological polar surface area (TPSA) is 38.8 Å². The largest absolute Gasteiger partial charge is 0.497 e. The molecule has 148 valence electrons. The fraction of sp³-hybridized carbons (Fsp3) is 0.208. The molecule has 1 fully saturated rings. The SMILES string of the molecule is COc1ccc([C@@H]2SCCN2C(=O)c2ccc(-c3ccccc3)cc2)c(OC)c1. The summed E-state index contributed by atoms with van der Waals surface area (Å²) in [7, 11) is 3.28. The molecule has 0 aromatic heterocycles. The van der Waals surface area contributed by atoms with Crippen molar-refractivity contribution in [3.05, 3.63) is 83.9 Å². The van der Waals surface area contributed by atoms with Crippen LogP contribution in [0.4, 0.5) is 0 Å². The lowest BCUT2D eigenvalue weighted by molar-refractivity contribution is 0.0759. The standard InChI is InChI=1S/C24H23NO3S/c1-27-20-12-13-21(22(16-20)28-2)24-25(14-15-29-24)23(26)19-10-8-18(9-11-19)17-6-4-3-5-7-17/h3-13,16,24H,14-15H2,1-2H3/t24-/m0/s1. The Labute approximate surface area is 175 Å². The molecule has 1 aliphatic heterocycles. The lowest BCUT2D eigenvalue weighted by atomic mass is 10.0. The highest BCUT2D eigenvalue weighted by molar-refractivity contribution is 7.99. The molecule has 5 heteroatoms. The number of rotatable bonds is 5. The van der Waals surface area contributed by atoms with Crippen LogP contribution in [0.1, 0.15) is 21.3 Å². The van der Waals surface area contributed by atoms with Gasteiger partial charge in [0.2, 0.25) is 0 Å². The number of amides is 1. The van der Waals surface area contributed by atoms with Crippen LogP contribution in [-0.4, -0.2) is 37.3 Å². The van der Waals surface area contributed by atoms with E-state index in [1.807, 2.05) is 65.6 Å². The first-order valence-corrected chi connectivity index (χ1v) is 10.6. The van der Waals surface area contributed by atoms with E-state index in [2.05, 4.69) is 12.1 Å². The monoisotopic (exact) mass is 405 g/mol. The van der Waals surface area contributed by atoms with Gasteiger partial charge >= 0.3 is 0 Å². The second kappa shape index (κ2) is 8.62. The Morgan fingerprint density at radius 1 is 0.931 bits per heavy atom. The van der Waals surface area contributed by atoms with Crippen LogP contribution in [0.15, 0.2) is 72.8 Å². The third-order valence-corrected chi connectivity index (χ3v) is 6.34. The van der Waals surface area contributed by atoms with Gasteiger partial charge in [0.15, 0.2) is 0 Å². The van der Waals surface area contributed by atoms with Crippen molar-refractivity contribution >= 4 is 17.7 Å². The maximum atomic E-state index is 13.2. The Morgan fingerprint density at radius 2 is 1.66 bits per heavy atom. The number of nitrogens with zero attached hydrogens (tertiary/aromatic N) is 1. The van der Waals surface area contributed by atoms with Crippen molar-refractivity contribution in [2.75, 3.05) is 26.5 Å². The molecule has 29 heavy (non-hydrogen) atoms. The van der Waals surface area contributed by atoms with Crippen molar-refractivity contribution < 1.29 is 14.3 Å². The van der Waals surface area contributed by atoms with Gasteiger partial charge in [-0.3, -0.25) is 4.79 Å². The molecule has 1 aliphatic rings. The molecule has 4 nitrogen and oxygen atoms in total. The van der Waals surface area contributed by atoms with Crippen molar-refractivity contribution in [1.82, 2.24) is 4.90 Å². The van der Waals surface area contributed by atoms with E-state index in [1.54, 1.807) is 26.0 Å². The highest BCUT2D eigenvalue weighted by atomic mass is 32.2. The zero-order valence-electron chi connectivity index (χ0n) is 16.5. The van der Waals surface area contributed by atoms with Crippen LogP contribution in [0.5, 0.6) is 11.5 Å². The summed E-state index contributed by atoms with van der Waals surface area (Å²) >= 11 is 1.75. The van der Waals surface area contributed by atoms with E-state index in [0.29, 0.717) is 12.1 Å². The molecule has 0 aliphatic carbocycles. The third kappa shape index (κ3) is 3.96. The van der Waals surface area contributed by atoms with Crippen LogP contribution in [0.25, 0.3) is 11.1 Å². The van der Waals surface area contributed by atoms with Crippen molar-refractivity contribution in [2.45, 2.75) is 5.37 Å². The first-order chi connectivity index (χ1) is 14.2. The summed E-state index contributed by atoms with van der Waals surface area (Å²) in [5.74, 6) is 2.41. The minimum atomic E-state index is -0.0721. The minimum Gasteiger partial charge on any atom is -0.497 e. The molecular formula is C24H23NO3S. The Bertz CT molecular complexity index is 989. The summed E-state index contributed by atoms with van der Waals surface area (Å²) in [6, 6.07) is 23.8. The van der Waals surface area contributed by atoms with Gasteiger partial charge in [0.1, 0.15) is 16.9 Å². The molecule has 1 amide bonds. The van der Waals surface area contributed by atoms with E-state index in [4.69, 9.17) is 9.47 Å². The van der Waals surface area contributed by atoms with Crippen molar-refractivity contribution in [1.29, 1.82) is 0 Å². The van der Waals surface area contributed by atoms with Gasteiger partial charge < -0.3 is 14.4 Å². The minimum absolute atomic E-state index is 0.0393. The first-order valence-electron chi connectivity index (χ1n) is 9.51. The lowest BCUT2D eigenvalue weighted by Gasteiger charge is -2.26. The second-order valence-electron chi connectivity index (χ2n) is 6.77. The van der Waals surface area contributed by atoms with Gasteiger partial charge in [0, 0.05) is 29.5 Å². The van der Waals surface area contributed by atoms with E-state index in [0.717, 1.165) is 33.9 Å². The maximum Gasteiger partial charge on any atom is 0.255 e. The molecule has 3 aromatic carbocycles. The van der Waals surface area contributed by atoms with Crippen LogP contribution in [0, 0.1) is 0 Å². The molecule has 4 rings (SSSR count). The van der Waals surface area contributed by atoms with Crippen LogP contribution >= 0.6 is 11.8 Å². The molecule has 0 unspecified atom stereocenters. The van der Waals surface area contributed by atoms with Gasteiger partial charge in [0.05, 0.1) is 14.2 Å². The van der Waals surface area contributed by atoms with E-state index < -0.39 is 0 Å². The number of carbonyl (C=O) groups is 1. The highest BCUT2D eigenvalue weighted by Gasteiger charge is 2.33. The number of hydrogen-bond donors (Lipinski definition) is 0. The van der Waals surface area contributed by atoms with E-state index in [1.165, 1.54) is 0 Å². The average molecular weight is 406 g/mol. The zero-order chi connectivity index (χ0) is 20.2. The zero-order valence-corrected chi connectivity index (χ0v) is 17.3. The highest BCUT2D eigenvalue weighted by Crippen LogP contribution is 2.43. The molecule has 0 bridgehead atoms. The van der Waals surface area contributed by atoms with Gasteiger partial charge in [-0.25, -0.2) is 0 Å². The van der Waals surface area contributed by atoms with Gasteiger partial charge in [-0.2, -0.15) is 0 Å². The van der Waals surface area contributed by atoms with Gasteiger partial charge in [-0.1, -0.05) is 42.5 Å². The number of carbonyl (C=O) groups excluding carboxylic acids is 1. The molecule has 1 saturated heterocycles. The number of benzene rings is 3. The van der Waals surface area contributed by atoms with Crippen molar-refractivity contribution in [3.63, 3.8) is 0 Å². The number of ether oxygens (including phenoxy) is 2. The fourth-order valence-electron chi connectivity index (χ4n) is 3.56. The molecule has 3 aromatic rings. The van der Waals surface area contributed by atoms with E-state index in [9.17, 15) is 4.79 Å². The Hall–Kier alpha value is -2.92. The summed E-state index contributed by atoms with van der Waals surface area (Å²) in [4.78, 5) is 15.2. The average Bonchev–Trinajstić information content (AvgIpc) is 3.28. The van der Waals surface area contributed by atoms with E-state index in [-0.39, 0.29) is 11.3 Å². The van der Waals surface area contributed by atoms with Crippen LogP contribution in [-0.2, 0) is 0 Å². The van der Waals surface area contributed by atoms with Gasteiger partial charge in [0.25, 0.3) is 5.91 Å². The van der Waals surface area contributed by atoms with Gasteiger partial charge in [-0.15, -0.1) is 11.8 Å². The molecule has 1 atom stereocenters. The molecule has 1 heterocycles. The van der Waals surface area contributed by atoms with Crippen molar-refractivity contribution in [3.8, 4) is 22.6 Å². The lowest BCUT2D eigenvalue weighted by Crippen LogP contribution is -2.30. The molecule has 0 radical (unpaired) electrons. The maximum absolute atomic E-state index is 13.2. The summed E-state index contributed by atoms with van der Waals surface area (Å²) < 4.78 is 10.9. The fourth-order valence-corrected chi connectivity index (χ4v) is 4.84. The Balaban J connectivity index is 1.58. The number of hydrogen-bond acceptors (Lipinski definition) is 4. The Morgan fingerprint density at radius 3 is 2.34 bits per heavy atom. The normalized spacial score (nSPS) is 15.9. The number of thioether (sulfide) groups is 1. The summed E-state index contributed by atoms with van der Waals surface area (Å²) in [5.41, 5.74) is 3.94. The Kier molecular flexibility index (Phi) is 5.76. The third-order valence-electron chi connectivity index (χ3n) is 5.10. The second-order valence-corrected chi connectivity index (χ2v) is 7.96. The predicted octanol–water partition coefficient (Wildman–Crippen LogP) is 5.26. The summed E-state index contributed by atoms with van der Waals surface area (Å²) in [6.45, 7) is 0.712.